The average Bonchev–Trinajstić information content (AvgIpc) is 3.09. The van der Waals surface area contributed by atoms with Gasteiger partial charge in [-0.25, -0.2) is 9.97 Å². The van der Waals surface area contributed by atoms with E-state index in [1.165, 1.54) is 11.1 Å². The van der Waals surface area contributed by atoms with Gasteiger partial charge in [-0.3, -0.25) is 4.90 Å². The molecular weight excluding hydrogens is 334 g/mol. The molecule has 1 aromatic carbocycles. The standard InChI is InChI=1S/C22H33N5/c1-22(2,3)18-9-7-17(8-10-18)14-27-12-11-19(15-27)26(6)21-13-20(25(4)5)23-16-24-21/h7-10,13,16,19H,11-12,14-15H2,1-6H3. The first-order valence-electron chi connectivity index (χ1n) is 9.78. The molecule has 0 saturated carbocycles. The van der Waals surface area contributed by atoms with E-state index in [1.54, 1.807) is 6.33 Å². The van der Waals surface area contributed by atoms with E-state index in [1.807, 2.05) is 19.0 Å². The van der Waals surface area contributed by atoms with Crippen molar-refractivity contribution in [2.75, 3.05) is 44.0 Å². The van der Waals surface area contributed by atoms with E-state index in [-0.39, 0.29) is 5.41 Å². The van der Waals surface area contributed by atoms with Crippen LogP contribution in [0.3, 0.4) is 0 Å². The minimum atomic E-state index is 0.211. The highest BCUT2D eigenvalue weighted by Gasteiger charge is 2.27. The molecule has 0 N–H and O–H groups in total. The second-order valence-corrected chi connectivity index (χ2v) is 8.86. The van der Waals surface area contributed by atoms with E-state index < -0.39 is 0 Å². The van der Waals surface area contributed by atoms with Crippen LogP contribution >= 0.6 is 0 Å². The van der Waals surface area contributed by atoms with Gasteiger partial charge in [0.2, 0.25) is 0 Å². The van der Waals surface area contributed by atoms with Gasteiger partial charge in [0.25, 0.3) is 0 Å². The first-order valence-corrected chi connectivity index (χ1v) is 9.78. The number of likely N-dealkylation sites (N-methyl/N-ethyl adjacent to an activating group) is 1. The third-order valence-corrected chi connectivity index (χ3v) is 5.48. The zero-order chi connectivity index (χ0) is 19.6. The maximum Gasteiger partial charge on any atom is 0.134 e. The van der Waals surface area contributed by atoms with Crippen molar-refractivity contribution >= 4 is 11.6 Å². The molecular formula is C22H33N5. The van der Waals surface area contributed by atoms with Gasteiger partial charge in [0.1, 0.15) is 18.0 Å². The van der Waals surface area contributed by atoms with E-state index in [0.717, 1.165) is 37.7 Å². The molecule has 2 aromatic rings. The second kappa shape index (κ2) is 7.85. The van der Waals surface area contributed by atoms with Crippen LogP contribution < -0.4 is 9.80 Å². The van der Waals surface area contributed by atoms with Crippen LogP contribution in [-0.4, -0.2) is 55.1 Å². The van der Waals surface area contributed by atoms with Gasteiger partial charge in [0.05, 0.1) is 0 Å². The molecule has 1 unspecified atom stereocenters. The number of nitrogens with zero attached hydrogens (tertiary/aromatic N) is 5. The Morgan fingerprint density at radius 1 is 1.04 bits per heavy atom. The van der Waals surface area contributed by atoms with Crippen LogP contribution in [0.25, 0.3) is 0 Å². The molecule has 0 aliphatic carbocycles. The lowest BCUT2D eigenvalue weighted by molar-refractivity contribution is 0.325. The molecule has 1 aliphatic heterocycles. The number of anilines is 2. The summed E-state index contributed by atoms with van der Waals surface area (Å²) < 4.78 is 0. The lowest BCUT2D eigenvalue weighted by Gasteiger charge is -2.26. The van der Waals surface area contributed by atoms with Crippen molar-refractivity contribution in [3.63, 3.8) is 0 Å². The molecule has 0 radical (unpaired) electrons. The predicted molar refractivity (Wildman–Crippen MR) is 114 cm³/mol. The summed E-state index contributed by atoms with van der Waals surface area (Å²) in [7, 11) is 6.16. The van der Waals surface area contributed by atoms with Crippen molar-refractivity contribution in [1.82, 2.24) is 14.9 Å². The fourth-order valence-electron chi connectivity index (χ4n) is 3.60. The van der Waals surface area contributed by atoms with E-state index in [4.69, 9.17) is 0 Å². The van der Waals surface area contributed by atoms with Gasteiger partial charge in [-0.2, -0.15) is 0 Å². The Bertz CT molecular complexity index is 748. The highest BCUT2D eigenvalue weighted by Crippen LogP contribution is 2.25. The number of hydrogen-bond donors (Lipinski definition) is 0. The molecule has 0 amide bonds. The first kappa shape index (κ1) is 19.6. The summed E-state index contributed by atoms with van der Waals surface area (Å²) in [6.07, 6.45) is 2.82. The van der Waals surface area contributed by atoms with Crippen molar-refractivity contribution in [3.05, 3.63) is 47.8 Å². The van der Waals surface area contributed by atoms with Gasteiger partial charge in [-0.15, -0.1) is 0 Å². The van der Waals surface area contributed by atoms with Crippen molar-refractivity contribution in [2.45, 2.75) is 45.2 Å². The molecule has 2 heterocycles. The van der Waals surface area contributed by atoms with E-state index in [9.17, 15) is 0 Å². The van der Waals surface area contributed by atoms with Crippen LogP contribution in [0, 0.1) is 0 Å². The van der Waals surface area contributed by atoms with E-state index in [0.29, 0.717) is 6.04 Å². The maximum atomic E-state index is 4.48. The van der Waals surface area contributed by atoms with Gasteiger partial charge >= 0.3 is 0 Å². The molecule has 5 nitrogen and oxygen atoms in total. The van der Waals surface area contributed by atoms with Gasteiger partial charge in [0, 0.05) is 52.9 Å². The SMILES string of the molecule is CN(C)c1cc(N(C)C2CCN(Cc3ccc(C(C)(C)C)cc3)C2)ncn1. The van der Waals surface area contributed by atoms with Crippen molar-refractivity contribution < 1.29 is 0 Å². The number of benzene rings is 1. The van der Waals surface area contributed by atoms with Gasteiger partial charge in [-0.05, 0) is 23.0 Å². The molecule has 3 rings (SSSR count). The third-order valence-electron chi connectivity index (χ3n) is 5.48. The number of likely N-dealkylation sites (tertiary alicyclic amines) is 1. The monoisotopic (exact) mass is 367 g/mol. The summed E-state index contributed by atoms with van der Waals surface area (Å²) in [5.74, 6) is 1.94. The Balaban J connectivity index is 1.60. The summed E-state index contributed by atoms with van der Waals surface area (Å²) in [4.78, 5) is 15.7. The Morgan fingerprint density at radius 3 is 2.33 bits per heavy atom. The highest BCUT2D eigenvalue weighted by atomic mass is 15.3. The third kappa shape index (κ3) is 4.78. The summed E-state index contributed by atoms with van der Waals surface area (Å²) in [6, 6.07) is 11.7. The lowest BCUT2D eigenvalue weighted by atomic mass is 9.87. The average molecular weight is 368 g/mol. The molecule has 1 fully saturated rings. The van der Waals surface area contributed by atoms with Crippen LogP contribution in [-0.2, 0) is 12.0 Å². The topological polar surface area (TPSA) is 35.5 Å². The molecule has 1 saturated heterocycles. The van der Waals surface area contributed by atoms with E-state index >= 15 is 0 Å². The molecule has 1 aliphatic rings. The first-order chi connectivity index (χ1) is 12.7. The maximum absolute atomic E-state index is 4.48. The Kier molecular flexibility index (Phi) is 5.70. The number of aromatic nitrogens is 2. The molecule has 1 atom stereocenters. The zero-order valence-electron chi connectivity index (χ0n) is 17.6. The van der Waals surface area contributed by atoms with Crippen molar-refractivity contribution in [3.8, 4) is 0 Å². The van der Waals surface area contributed by atoms with Gasteiger partial charge in [-0.1, -0.05) is 45.0 Å². The van der Waals surface area contributed by atoms with Crippen LogP contribution in [0.4, 0.5) is 11.6 Å². The van der Waals surface area contributed by atoms with Crippen LogP contribution in [0.1, 0.15) is 38.3 Å². The van der Waals surface area contributed by atoms with Gasteiger partial charge < -0.3 is 9.80 Å². The smallest absolute Gasteiger partial charge is 0.134 e. The molecule has 1 aromatic heterocycles. The largest absolute Gasteiger partial charge is 0.363 e. The van der Waals surface area contributed by atoms with E-state index in [2.05, 4.69) is 77.9 Å². The van der Waals surface area contributed by atoms with Crippen molar-refractivity contribution in [1.29, 1.82) is 0 Å². The van der Waals surface area contributed by atoms with Crippen molar-refractivity contribution in [2.24, 2.45) is 0 Å². The summed E-state index contributed by atoms with van der Waals surface area (Å²) in [5.41, 5.74) is 3.00. The highest BCUT2D eigenvalue weighted by molar-refractivity contribution is 5.49. The van der Waals surface area contributed by atoms with Crippen LogP contribution in [0.5, 0.6) is 0 Å². The Labute approximate surface area is 164 Å². The molecule has 146 valence electrons. The molecule has 5 heteroatoms. The minimum Gasteiger partial charge on any atom is -0.363 e. The number of hydrogen-bond acceptors (Lipinski definition) is 5. The predicted octanol–water partition coefficient (Wildman–Crippen LogP) is 3.55. The minimum absolute atomic E-state index is 0.211. The molecule has 0 bridgehead atoms. The molecule has 27 heavy (non-hydrogen) atoms. The number of rotatable bonds is 5. The fraction of sp³-hybridized carbons (Fsp3) is 0.545. The molecule has 0 spiro atoms. The Hall–Kier alpha value is -2.14. The summed E-state index contributed by atoms with van der Waals surface area (Å²) in [6.45, 7) is 10.00. The zero-order valence-corrected chi connectivity index (χ0v) is 17.6. The quantitative estimate of drug-likeness (QED) is 0.808. The van der Waals surface area contributed by atoms with Crippen LogP contribution in [0.15, 0.2) is 36.7 Å². The second-order valence-electron chi connectivity index (χ2n) is 8.86. The Morgan fingerprint density at radius 2 is 1.70 bits per heavy atom. The summed E-state index contributed by atoms with van der Waals surface area (Å²) in [5, 5.41) is 0. The fourth-order valence-corrected chi connectivity index (χ4v) is 3.60. The van der Waals surface area contributed by atoms with Crippen LogP contribution in [0.2, 0.25) is 0 Å². The normalized spacial score (nSPS) is 17.9. The lowest BCUT2D eigenvalue weighted by Crippen LogP contribution is -2.35. The van der Waals surface area contributed by atoms with Gasteiger partial charge in [0.15, 0.2) is 0 Å². The summed E-state index contributed by atoms with van der Waals surface area (Å²) >= 11 is 0.